The molecule has 42 heavy (non-hydrogen) atoms. The molecule has 0 aliphatic carbocycles. The number of ether oxygens (including phenoxy) is 5. The maximum Gasteiger partial charge on any atom is 0.350 e. The maximum atomic E-state index is 13.6. The van der Waals surface area contributed by atoms with Gasteiger partial charge in [0.2, 0.25) is 0 Å². The third kappa shape index (κ3) is 5.25. The first kappa shape index (κ1) is 28.9. The molecule has 3 aromatic rings. The van der Waals surface area contributed by atoms with Crippen molar-refractivity contribution in [2.45, 2.75) is 33.2 Å². The number of fused-ring (bicyclic) bond motifs is 1. The number of hydrogen-bond acceptors (Lipinski definition) is 11. The van der Waals surface area contributed by atoms with Crippen LogP contribution in [0.3, 0.4) is 0 Å². The second-order valence-electron chi connectivity index (χ2n) is 9.42. The first-order valence-corrected chi connectivity index (χ1v) is 14.3. The highest BCUT2D eigenvalue weighted by molar-refractivity contribution is 7.17. The molecule has 220 valence electrons. The highest BCUT2D eigenvalue weighted by Gasteiger charge is 2.48. The van der Waals surface area contributed by atoms with E-state index in [0.29, 0.717) is 60.7 Å². The number of thiazole rings is 1. The topological polar surface area (TPSA) is 134 Å². The molecule has 3 heterocycles. The number of rotatable bonds is 9. The zero-order valence-electron chi connectivity index (χ0n) is 23.6. The zero-order chi connectivity index (χ0) is 30.0. The number of anilines is 1. The van der Waals surface area contributed by atoms with Gasteiger partial charge < -0.3 is 28.8 Å². The third-order valence-corrected chi connectivity index (χ3v) is 7.80. The van der Waals surface area contributed by atoms with Crippen LogP contribution >= 0.6 is 11.3 Å². The van der Waals surface area contributed by atoms with Gasteiger partial charge in [-0.1, -0.05) is 24.3 Å². The van der Waals surface area contributed by atoms with Crippen molar-refractivity contribution in [3.05, 3.63) is 63.7 Å². The predicted octanol–water partition coefficient (Wildman–Crippen LogP) is 4.82. The Bertz CT molecular complexity index is 1580. The van der Waals surface area contributed by atoms with Crippen molar-refractivity contribution >= 4 is 39.9 Å². The number of nitrogens with zero attached hydrogens (tertiary/aromatic N) is 2. The monoisotopic (exact) mass is 594 g/mol. The molecule has 11 nitrogen and oxygen atoms in total. The highest BCUT2D eigenvalue weighted by atomic mass is 32.1. The van der Waals surface area contributed by atoms with Gasteiger partial charge in [-0.05, 0) is 56.2 Å². The van der Waals surface area contributed by atoms with Gasteiger partial charge in [0.15, 0.2) is 28.1 Å². The maximum absolute atomic E-state index is 13.6. The molecule has 2 aromatic carbocycles. The number of amides is 1. The Labute approximate surface area is 246 Å². The molecule has 1 fully saturated rings. The van der Waals surface area contributed by atoms with Gasteiger partial charge in [0.25, 0.3) is 5.78 Å². The normalized spacial score (nSPS) is 17.3. The standard InChI is InChI=1S/C30H30N2O9S/c1-5-11-39-19-9-7-17(14-21(19)38-6-2)24-23(25(33)18-8-10-20-22(15-18)41-13-12-40-20)26(34)28(35)32(24)30-31-16(3)27(42-30)29(36)37-4/h7-10,14-15,24,33H,5-6,11-13H2,1-4H3/t24-/m0/s1. The fraction of sp³-hybridized carbons (Fsp3) is 0.333. The van der Waals surface area contributed by atoms with Crippen LogP contribution in [0.1, 0.15) is 52.8 Å². The van der Waals surface area contributed by atoms with Crippen molar-refractivity contribution in [2.75, 3.05) is 38.4 Å². The van der Waals surface area contributed by atoms with E-state index < -0.39 is 29.5 Å². The molecule has 5 rings (SSSR count). The summed E-state index contributed by atoms with van der Waals surface area (Å²) in [6.45, 7) is 6.97. The minimum atomic E-state index is -1.10. The summed E-state index contributed by atoms with van der Waals surface area (Å²) >= 11 is 0.921. The van der Waals surface area contributed by atoms with Crippen LogP contribution in [0, 0.1) is 6.92 Å². The second-order valence-corrected chi connectivity index (χ2v) is 10.4. The highest BCUT2D eigenvalue weighted by Crippen LogP contribution is 2.46. The largest absolute Gasteiger partial charge is 0.507 e. The van der Waals surface area contributed by atoms with E-state index in [1.807, 2.05) is 13.8 Å². The van der Waals surface area contributed by atoms with Crippen molar-refractivity contribution in [1.29, 1.82) is 0 Å². The molecule has 0 radical (unpaired) electrons. The number of methoxy groups -OCH3 is 1. The lowest BCUT2D eigenvalue weighted by atomic mass is 9.95. The summed E-state index contributed by atoms with van der Waals surface area (Å²) in [6.07, 6.45) is 0.787. The van der Waals surface area contributed by atoms with Crippen molar-refractivity contribution in [1.82, 2.24) is 4.98 Å². The van der Waals surface area contributed by atoms with Gasteiger partial charge in [0.1, 0.15) is 23.9 Å². The smallest absolute Gasteiger partial charge is 0.350 e. The third-order valence-electron chi connectivity index (χ3n) is 6.67. The van der Waals surface area contributed by atoms with Crippen LogP contribution in [0.5, 0.6) is 23.0 Å². The molecule has 2 aliphatic rings. The lowest BCUT2D eigenvalue weighted by Crippen LogP contribution is -2.29. The van der Waals surface area contributed by atoms with Crippen LogP contribution in [0.4, 0.5) is 5.13 Å². The Morgan fingerprint density at radius 3 is 2.55 bits per heavy atom. The van der Waals surface area contributed by atoms with Crippen LogP contribution in [-0.4, -0.2) is 61.3 Å². The average molecular weight is 595 g/mol. The summed E-state index contributed by atoms with van der Waals surface area (Å²) in [4.78, 5) is 45.4. The predicted molar refractivity (Wildman–Crippen MR) is 154 cm³/mol. The molecule has 2 aliphatic heterocycles. The lowest BCUT2D eigenvalue weighted by molar-refractivity contribution is -0.132. The van der Waals surface area contributed by atoms with Crippen LogP contribution in [-0.2, 0) is 14.3 Å². The van der Waals surface area contributed by atoms with Gasteiger partial charge in [-0.15, -0.1) is 0 Å². The van der Waals surface area contributed by atoms with Crippen molar-refractivity contribution < 1.29 is 43.2 Å². The second kappa shape index (κ2) is 12.1. The molecule has 0 saturated carbocycles. The van der Waals surface area contributed by atoms with Gasteiger partial charge in [-0.25, -0.2) is 9.78 Å². The van der Waals surface area contributed by atoms with E-state index in [9.17, 15) is 19.5 Å². The molecule has 1 aromatic heterocycles. The number of esters is 1. The summed E-state index contributed by atoms with van der Waals surface area (Å²) in [6, 6.07) is 8.76. The number of aryl methyl sites for hydroxylation is 1. The Morgan fingerprint density at radius 1 is 1.07 bits per heavy atom. The minimum Gasteiger partial charge on any atom is -0.507 e. The fourth-order valence-electron chi connectivity index (χ4n) is 4.75. The summed E-state index contributed by atoms with van der Waals surface area (Å²) in [7, 11) is 1.25. The van der Waals surface area contributed by atoms with Crippen LogP contribution in [0.15, 0.2) is 42.0 Å². The van der Waals surface area contributed by atoms with E-state index in [2.05, 4.69) is 4.98 Å². The van der Waals surface area contributed by atoms with Gasteiger partial charge in [-0.2, -0.15) is 0 Å². The first-order valence-electron chi connectivity index (χ1n) is 13.4. The van der Waals surface area contributed by atoms with Gasteiger partial charge >= 0.3 is 11.9 Å². The Hall–Kier alpha value is -4.58. The van der Waals surface area contributed by atoms with E-state index in [4.69, 9.17) is 23.7 Å². The molecular formula is C30H30N2O9S. The number of aliphatic hydroxyl groups excluding tert-OH is 1. The van der Waals surface area contributed by atoms with E-state index in [-0.39, 0.29) is 21.1 Å². The summed E-state index contributed by atoms with van der Waals surface area (Å²) in [5, 5.41) is 11.7. The lowest BCUT2D eigenvalue weighted by Gasteiger charge is -2.24. The molecule has 1 atom stereocenters. The van der Waals surface area contributed by atoms with E-state index in [0.717, 1.165) is 17.8 Å². The van der Waals surface area contributed by atoms with Crippen LogP contribution in [0.25, 0.3) is 5.76 Å². The molecule has 1 N–H and O–H groups in total. The molecule has 0 unspecified atom stereocenters. The minimum absolute atomic E-state index is 0.102. The number of aliphatic hydroxyl groups is 1. The Morgan fingerprint density at radius 2 is 1.83 bits per heavy atom. The van der Waals surface area contributed by atoms with E-state index in [1.54, 1.807) is 43.3 Å². The van der Waals surface area contributed by atoms with Crippen LogP contribution < -0.4 is 23.8 Å². The van der Waals surface area contributed by atoms with Crippen molar-refractivity contribution in [2.24, 2.45) is 0 Å². The molecule has 1 amide bonds. The SMILES string of the molecule is CCCOc1ccc([C@H]2C(=C(O)c3ccc4c(c3)OCCO4)C(=O)C(=O)N2c2nc(C)c(C(=O)OC)s2)cc1OCC. The Balaban J connectivity index is 1.70. The number of carbonyl (C=O) groups is 3. The molecular weight excluding hydrogens is 564 g/mol. The fourth-order valence-corrected chi connectivity index (χ4v) is 5.76. The number of Topliss-reactive ketones (excluding diaryl/α,β-unsaturated/α-hetero) is 1. The number of carbonyl (C=O) groups excluding carboxylic acids is 3. The number of hydrogen-bond donors (Lipinski definition) is 1. The van der Waals surface area contributed by atoms with Gasteiger partial charge in [-0.3, -0.25) is 14.5 Å². The van der Waals surface area contributed by atoms with E-state index >= 15 is 0 Å². The summed E-state index contributed by atoms with van der Waals surface area (Å²) in [5.74, 6) is -1.00. The number of benzene rings is 2. The molecule has 1 saturated heterocycles. The van der Waals surface area contributed by atoms with Crippen molar-refractivity contribution in [3.63, 3.8) is 0 Å². The quantitative estimate of drug-likeness (QED) is 0.159. The number of aromatic nitrogens is 1. The van der Waals surface area contributed by atoms with Gasteiger partial charge in [0, 0.05) is 5.56 Å². The molecule has 12 heteroatoms. The summed E-state index contributed by atoms with van der Waals surface area (Å²) < 4.78 is 27.8. The Kier molecular flexibility index (Phi) is 8.34. The zero-order valence-corrected chi connectivity index (χ0v) is 24.4. The van der Waals surface area contributed by atoms with Crippen molar-refractivity contribution in [3.8, 4) is 23.0 Å². The van der Waals surface area contributed by atoms with E-state index in [1.165, 1.54) is 12.0 Å². The van der Waals surface area contributed by atoms with Crippen LogP contribution in [0.2, 0.25) is 0 Å². The first-order chi connectivity index (χ1) is 20.3. The molecule has 0 spiro atoms. The summed E-state index contributed by atoms with van der Waals surface area (Å²) in [5.41, 5.74) is 0.912. The average Bonchev–Trinajstić information content (AvgIpc) is 3.51. The van der Waals surface area contributed by atoms with Gasteiger partial charge in [0.05, 0.1) is 37.6 Å². The number of ketones is 1. The molecule has 0 bridgehead atoms.